The van der Waals surface area contributed by atoms with E-state index < -0.39 is 0 Å². The zero-order valence-corrected chi connectivity index (χ0v) is 27.7. The summed E-state index contributed by atoms with van der Waals surface area (Å²) in [5.41, 5.74) is 0. The van der Waals surface area contributed by atoms with Gasteiger partial charge in [0.15, 0.2) is 0 Å². The molecule has 0 aliphatic carbocycles. The van der Waals surface area contributed by atoms with Crippen LogP contribution in [0.3, 0.4) is 0 Å². The first-order chi connectivity index (χ1) is 19.7. The van der Waals surface area contributed by atoms with Crippen molar-refractivity contribution < 1.29 is 9.53 Å². The summed E-state index contributed by atoms with van der Waals surface area (Å²) < 4.78 is 6.02. The van der Waals surface area contributed by atoms with Crippen LogP contribution >= 0.6 is 0 Å². The van der Waals surface area contributed by atoms with E-state index in [0.29, 0.717) is 6.42 Å². The van der Waals surface area contributed by atoms with Crippen molar-refractivity contribution in [3.05, 3.63) is 24.3 Å². The summed E-state index contributed by atoms with van der Waals surface area (Å²) in [6.45, 7) is 6.81. The van der Waals surface area contributed by atoms with Gasteiger partial charge in [-0.05, 0) is 64.2 Å². The Morgan fingerprint density at radius 2 is 0.850 bits per heavy atom. The van der Waals surface area contributed by atoms with E-state index in [4.69, 9.17) is 4.74 Å². The highest BCUT2D eigenvalue weighted by molar-refractivity contribution is 5.69. The molecule has 0 saturated carbocycles. The van der Waals surface area contributed by atoms with Crippen LogP contribution in [0.25, 0.3) is 0 Å². The van der Waals surface area contributed by atoms with Gasteiger partial charge in [-0.1, -0.05) is 161 Å². The molecule has 0 rings (SSSR count). The second-order valence-corrected chi connectivity index (χ2v) is 12.3. The Labute approximate surface area is 252 Å². The van der Waals surface area contributed by atoms with Gasteiger partial charge in [0, 0.05) is 6.42 Å². The first kappa shape index (κ1) is 39.0. The van der Waals surface area contributed by atoms with Gasteiger partial charge in [-0.2, -0.15) is 0 Å². The summed E-state index contributed by atoms with van der Waals surface area (Å²) in [4.78, 5) is 12.6. The zero-order valence-electron chi connectivity index (χ0n) is 27.7. The van der Waals surface area contributed by atoms with E-state index in [-0.39, 0.29) is 12.1 Å². The largest absolute Gasteiger partial charge is 0.462 e. The van der Waals surface area contributed by atoms with Crippen molar-refractivity contribution in [2.75, 3.05) is 0 Å². The van der Waals surface area contributed by atoms with E-state index in [1.54, 1.807) is 0 Å². The number of ether oxygens (including phenoxy) is 1. The Balaban J connectivity index is 3.95. The van der Waals surface area contributed by atoms with Gasteiger partial charge in [0.05, 0.1) is 0 Å². The van der Waals surface area contributed by atoms with Crippen LogP contribution in [0.2, 0.25) is 0 Å². The SMILES string of the molecule is CCCCC/C=C\C/C=C\CCCCCCCC(=O)OC(CCCCCCCC)CCCCCCCCCCC. The summed E-state index contributed by atoms with van der Waals surface area (Å²) in [5, 5.41) is 0. The van der Waals surface area contributed by atoms with Gasteiger partial charge < -0.3 is 4.74 Å². The van der Waals surface area contributed by atoms with Gasteiger partial charge in [-0.3, -0.25) is 4.79 Å². The third kappa shape index (κ3) is 31.5. The third-order valence-corrected chi connectivity index (χ3v) is 8.14. The smallest absolute Gasteiger partial charge is 0.306 e. The van der Waals surface area contributed by atoms with Crippen LogP contribution in [-0.4, -0.2) is 12.1 Å². The normalized spacial score (nSPS) is 12.6. The van der Waals surface area contributed by atoms with Gasteiger partial charge in [0.2, 0.25) is 0 Å². The number of carbonyl (C=O) groups excluding carboxylic acids is 1. The molecule has 0 heterocycles. The molecule has 236 valence electrons. The lowest BCUT2D eigenvalue weighted by molar-refractivity contribution is -0.150. The van der Waals surface area contributed by atoms with Crippen LogP contribution in [0.4, 0.5) is 0 Å². The van der Waals surface area contributed by atoms with Gasteiger partial charge in [-0.15, -0.1) is 0 Å². The van der Waals surface area contributed by atoms with Crippen molar-refractivity contribution in [1.82, 2.24) is 0 Å². The Hall–Kier alpha value is -1.05. The number of hydrogen-bond acceptors (Lipinski definition) is 2. The minimum Gasteiger partial charge on any atom is -0.462 e. The maximum absolute atomic E-state index is 12.6. The van der Waals surface area contributed by atoms with Crippen LogP contribution in [0.1, 0.15) is 207 Å². The Morgan fingerprint density at radius 1 is 0.475 bits per heavy atom. The average Bonchev–Trinajstić information content (AvgIpc) is 2.95. The maximum atomic E-state index is 12.6. The molecular formula is C38H72O2. The second-order valence-electron chi connectivity index (χ2n) is 12.3. The van der Waals surface area contributed by atoms with E-state index in [9.17, 15) is 4.79 Å². The van der Waals surface area contributed by atoms with Gasteiger partial charge in [0.1, 0.15) is 6.10 Å². The number of allylic oxidation sites excluding steroid dienone is 4. The molecule has 2 heteroatoms. The van der Waals surface area contributed by atoms with Crippen molar-refractivity contribution in [2.24, 2.45) is 0 Å². The number of esters is 1. The fourth-order valence-corrected chi connectivity index (χ4v) is 5.42. The molecule has 0 N–H and O–H groups in total. The van der Waals surface area contributed by atoms with Gasteiger partial charge >= 0.3 is 5.97 Å². The molecule has 1 unspecified atom stereocenters. The molecule has 0 aromatic carbocycles. The standard InChI is InChI=1S/C38H72O2/c1-4-7-10-13-16-18-19-20-21-22-23-25-27-30-33-36-38(39)40-37(34-31-28-15-12-9-6-3)35-32-29-26-24-17-14-11-8-5-2/h16,18,20-21,37H,4-15,17,19,22-36H2,1-3H3/b18-16-,21-20-. The van der Waals surface area contributed by atoms with E-state index in [0.717, 1.165) is 32.1 Å². The quantitative estimate of drug-likeness (QED) is 0.0464. The van der Waals surface area contributed by atoms with Crippen LogP contribution < -0.4 is 0 Å². The Kier molecular flexibility index (Phi) is 33.3. The molecule has 0 bridgehead atoms. The van der Waals surface area contributed by atoms with Gasteiger partial charge in [-0.25, -0.2) is 0 Å². The molecule has 0 aromatic rings. The highest BCUT2D eigenvalue weighted by atomic mass is 16.5. The topological polar surface area (TPSA) is 26.3 Å². The number of unbranched alkanes of at least 4 members (excludes halogenated alkanes) is 21. The lowest BCUT2D eigenvalue weighted by Gasteiger charge is -2.18. The minimum absolute atomic E-state index is 0.0533. The monoisotopic (exact) mass is 561 g/mol. The van der Waals surface area contributed by atoms with Crippen LogP contribution in [0, 0.1) is 0 Å². The van der Waals surface area contributed by atoms with E-state index in [1.165, 1.54) is 148 Å². The molecule has 2 nitrogen and oxygen atoms in total. The number of rotatable bonds is 32. The third-order valence-electron chi connectivity index (χ3n) is 8.14. The summed E-state index contributed by atoms with van der Waals surface area (Å²) in [7, 11) is 0. The van der Waals surface area contributed by atoms with E-state index in [1.807, 2.05) is 0 Å². The molecule has 0 amide bonds. The molecule has 0 aromatic heterocycles. The summed E-state index contributed by atoms with van der Waals surface area (Å²) >= 11 is 0. The van der Waals surface area contributed by atoms with Crippen molar-refractivity contribution in [1.29, 1.82) is 0 Å². The Bertz CT molecular complexity index is 550. The maximum Gasteiger partial charge on any atom is 0.306 e. The fraction of sp³-hybridized carbons (Fsp3) is 0.868. The predicted octanol–water partition coefficient (Wildman–Crippen LogP) is 13.4. The molecule has 0 fully saturated rings. The van der Waals surface area contributed by atoms with Crippen molar-refractivity contribution >= 4 is 5.97 Å². The van der Waals surface area contributed by atoms with Crippen LogP contribution in [-0.2, 0) is 9.53 Å². The highest BCUT2D eigenvalue weighted by Crippen LogP contribution is 2.18. The first-order valence-corrected chi connectivity index (χ1v) is 18.2. The van der Waals surface area contributed by atoms with Crippen LogP contribution in [0.15, 0.2) is 24.3 Å². The molecular weight excluding hydrogens is 488 g/mol. The van der Waals surface area contributed by atoms with Crippen molar-refractivity contribution in [3.63, 3.8) is 0 Å². The first-order valence-electron chi connectivity index (χ1n) is 18.2. The average molecular weight is 561 g/mol. The molecule has 0 spiro atoms. The molecule has 0 aliphatic heterocycles. The molecule has 0 saturated heterocycles. The molecule has 0 radical (unpaired) electrons. The summed E-state index contributed by atoms with van der Waals surface area (Å²) in [6.07, 6.45) is 45.5. The fourth-order valence-electron chi connectivity index (χ4n) is 5.42. The highest BCUT2D eigenvalue weighted by Gasteiger charge is 2.14. The van der Waals surface area contributed by atoms with Crippen molar-refractivity contribution in [3.8, 4) is 0 Å². The molecule has 0 aliphatic rings. The van der Waals surface area contributed by atoms with Gasteiger partial charge in [0.25, 0.3) is 0 Å². The predicted molar refractivity (Wildman–Crippen MR) is 179 cm³/mol. The molecule has 40 heavy (non-hydrogen) atoms. The molecule has 1 atom stereocenters. The van der Waals surface area contributed by atoms with Crippen LogP contribution in [0.5, 0.6) is 0 Å². The zero-order chi connectivity index (χ0) is 29.2. The Morgan fingerprint density at radius 3 is 1.35 bits per heavy atom. The number of carbonyl (C=O) groups is 1. The summed E-state index contributed by atoms with van der Waals surface area (Å²) in [5.74, 6) is 0.0533. The second kappa shape index (κ2) is 34.2. The summed E-state index contributed by atoms with van der Waals surface area (Å²) in [6, 6.07) is 0. The van der Waals surface area contributed by atoms with E-state index in [2.05, 4.69) is 45.1 Å². The van der Waals surface area contributed by atoms with Crippen molar-refractivity contribution in [2.45, 2.75) is 213 Å². The lowest BCUT2D eigenvalue weighted by atomic mass is 10.0. The van der Waals surface area contributed by atoms with E-state index >= 15 is 0 Å². The number of hydrogen-bond donors (Lipinski definition) is 0. The minimum atomic E-state index is 0.0533. The lowest BCUT2D eigenvalue weighted by Crippen LogP contribution is -2.18.